The highest BCUT2D eigenvalue weighted by atomic mass is 16.5. The van der Waals surface area contributed by atoms with Crippen LogP contribution in [0.3, 0.4) is 0 Å². The minimum absolute atomic E-state index is 0.174. The number of carboxylic acid groups (broad SMARTS) is 1. The summed E-state index contributed by atoms with van der Waals surface area (Å²) in [5, 5.41) is 11.6. The molecule has 0 unspecified atom stereocenters. The smallest absolute Gasteiger partial charge is 0.326 e. The number of carbonyl (C=O) groups is 3. The molecule has 0 saturated heterocycles. The van der Waals surface area contributed by atoms with Crippen LogP contribution < -0.4 is 10.1 Å². The van der Waals surface area contributed by atoms with E-state index in [9.17, 15) is 14.4 Å². The van der Waals surface area contributed by atoms with E-state index in [1.54, 1.807) is 6.92 Å². The van der Waals surface area contributed by atoms with E-state index in [1.165, 1.54) is 31.2 Å². The molecule has 0 spiro atoms. The lowest BCUT2D eigenvalue weighted by atomic mass is 9.99. The second kappa shape index (κ2) is 7.42. The largest absolute Gasteiger partial charge is 0.480 e. The molecule has 0 aromatic heterocycles. The van der Waals surface area contributed by atoms with Crippen molar-refractivity contribution < 1.29 is 24.2 Å². The lowest BCUT2D eigenvalue weighted by Crippen LogP contribution is -2.45. The Kier molecular flexibility index (Phi) is 5.90. The monoisotopic (exact) mass is 293 g/mol. The quantitative estimate of drug-likeness (QED) is 0.616. The van der Waals surface area contributed by atoms with Gasteiger partial charge in [0.15, 0.2) is 0 Å². The summed E-state index contributed by atoms with van der Waals surface area (Å²) in [6.07, 6.45) is 0.642. The average molecular weight is 293 g/mol. The third-order valence-electron chi connectivity index (χ3n) is 3.14. The Bertz CT molecular complexity index is 523. The molecule has 1 aromatic carbocycles. The van der Waals surface area contributed by atoms with Gasteiger partial charge in [-0.15, -0.1) is 0 Å². The van der Waals surface area contributed by atoms with Gasteiger partial charge in [-0.05, 0) is 30.2 Å². The van der Waals surface area contributed by atoms with Gasteiger partial charge in [0.05, 0.1) is 0 Å². The van der Waals surface area contributed by atoms with Gasteiger partial charge in [-0.1, -0.05) is 20.3 Å². The average Bonchev–Trinajstić information content (AvgIpc) is 2.43. The van der Waals surface area contributed by atoms with Crippen LogP contribution in [0.15, 0.2) is 24.3 Å². The molecule has 0 aliphatic carbocycles. The molecule has 1 amide bonds. The topological polar surface area (TPSA) is 92.7 Å². The molecule has 0 fully saturated rings. The Hall–Kier alpha value is -2.37. The van der Waals surface area contributed by atoms with E-state index in [4.69, 9.17) is 9.84 Å². The summed E-state index contributed by atoms with van der Waals surface area (Å²) < 4.78 is 4.86. The number of esters is 1. The van der Waals surface area contributed by atoms with Crippen molar-refractivity contribution in [3.05, 3.63) is 29.8 Å². The van der Waals surface area contributed by atoms with Gasteiger partial charge >= 0.3 is 11.9 Å². The van der Waals surface area contributed by atoms with Crippen LogP contribution in [-0.4, -0.2) is 29.0 Å². The normalized spacial score (nSPS) is 13.1. The molecular weight excluding hydrogens is 274 g/mol. The Labute approximate surface area is 123 Å². The van der Waals surface area contributed by atoms with Crippen LogP contribution in [0, 0.1) is 5.92 Å². The summed E-state index contributed by atoms with van der Waals surface area (Å²) in [6, 6.07) is 4.98. The standard InChI is InChI=1S/C15H19NO5/c1-4-9(2)13(15(19)20)16-14(18)11-5-7-12(8-6-11)21-10(3)17/h5-9,13H,4H2,1-3H3,(H,16,18)(H,19,20)/t9-,13+/m1/s1. The van der Waals surface area contributed by atoms with Crippen molar-refractivity contribution in [2.45, 2.75) is 33.2 Å². The highest BCUT2D eigenvalue weighted by molar-refractivity contribution is 5.96. The van der Waals surface area contributed by atoms with E-state index in [1.807, 2.05) is 6.92 Å². The van der Waals surface area contributed by atoms with Crippen molar-refractivity contribution in [1.82, 2.24) is 5.32 Å². The number of ether oxygens (including phenoxy) is 1. The first-order chi connectivity index (χ1) is 9.85. The third kappa shape index (κ3) is 4.91. The maximum atomic E-state index is 12.0. The molecule has 0 bridgehead atoms. The Balaban J connectivity index is 2.78. The van der Waals surface area contributed by atoms with Crippen molar-refractivity contribution >= 4 is 17.8 Å². The lowest BCUT2D eigenvalue weighted by molar-refractivity contribution is -0.140. The molecule has 6 nitrogen and oxygen atoms in total. The molecule has 1 aromatic rings. The van der Waals surface area contributed by atoms with E-state index < -0.39 is 23.9 Å². The Morgan fingerprint density at radius 3 is 2.24 bits per heavy atom. The van der Waals surface area contributed by atoms with Crippen molar-refractivity contribution in [2.24, 2.45) is 5.92 Å². The predicted octanol–water partition coefficient (Wildman–Crippen LogP) is 1.84. The molecule has 21 heavy (non-hydrogen) atoms. The van der Waals surface area contributed by atoms with Gasteiger partial charge in [0.2, 0.25) is 0 Å². The molecule has 2 atom stereocenters. The Morgan fingerprint density at radius 1 is 1.24 bits per heavy atom. The molecular formula is C15H19NO5. The van der Waals surface area contributed by atoms with E-state index in [-0.39, 0.29) is 5.92 Å². The first-order valence-electron chi connectivity index (χ1n) is 6.67. The van der Waals surface area contributed by atoms with Crippen LogP contribution in [0.25, 0.3) is 0 Å². The molecule has 2 N–H and O–H groups in total. The number of aliphatic carboxylic acids is 1. The third-order valence-corrected chi connectivity index (χ3v) is 3.14. The highest BCUT2D eigenvalue weighted by Crippen LogP contribution is 2.14. The number of amides is 1. The zero-order chi connectivity index (χ0) is 16.0. The maximum absolute atomic E-state index is 12.0. The molecule has 0 saturated carbocycles. The fourth-order valence-corrected chi connectivity index (χ4v) is 1.75. The van der Waals surface area contributed by atoms with Crippen LogP contribution in [0.5, 0.6) is 5.75 Å². The molecule has 114 valence electrons. The van der Waals surface area contributed by atoms with Gasteiger partial charge < -0.3 is 15.2 Å². The molecule has 6 heteroatoms. The van der Waals surface area contributed by atoms with E-state index in [2.05, 4.69) is 5.32 Å². The molecule has 1 rings (SSSR count). The van der Waals surface area contributed by atoms with Crippen molar-refractivity contribution in [1.29, 1.82) is 0 Å². The van der Waals surface area contributed by atoms with Crippen molar-refractivity contribution in [2.75, 3.05) is 0 Å². The second-order valence-corrected chi connectivity index (χ2v) is 4.79. The van der Waals surface area contributed by atoms with Crippen LogP contribution >= 0.6 is 0 Å². The van der Waals surface area contributed by atoms with Gasteiger partial charge in [0.1, 0.15) is 11.8 Å². The van der Waals surface area contributed by atoms with Gasteiger partial charge in [-0.3, -0.25) is 9.59 Å². The van der Waals surface area contributed by atoms with Gasteiger partial charge in [-0.25, -0.2) is 4.79 Å². The van der Waals surface area contributed by atoms with Gasteiger partial charge in [0.25, 0.3) is 5.91 Å². The first kappa shape index (κ1) is 16.7. The molecule has 0 aliphatic heterocycles. The second-order valence-electron chi connectivity index (χ2n) is 4.79. The van der Waals surface area contributed by atoms with Crippen LogP contribution in [-0.2, 0) is 9.59 Å². The highest BCUT2D eigenvalue weighted by Gasteiger charge is 2.25. The number of benzene rings is 1. The number of rotatable bonds is 6. The predicted molar refractivity (Wildman–Crippen MR) is 76.1 cm³/mol. The number of carboxylic acids is 1. The fraction of sp³-hybridized carbons (Fsp3) is 0.400. The minimum atomic E-state index is -1.06. The Morgan fingerprint density at radius 2 is 1.81 bits per heavy atom. The number of nitrogens with one attached hydrogen (secondary N) is 1. The summed E-state index contributed by atoms with van der Waals surface area (Å²) in [7, 11) is 0. The summed E-state index contributed by atoms with van der Waals surface area (Å²) >= 11 is 0. The van der Waals surface area contributed by atoms with Crippen LogP contribution in [0.4, 0.5) is 0 Å². The van der Waals surface area contributed by atoms with Gasteiger partial charge in [-0.2, -0.15) is 0 Å². The first-order valence-corrected chi connectivity index (χ1v) is 6.67. The summed E-state index contributed by atoms with van der Waals surface area (Å²) in [5.74, 6) is -1.83. The van der Waals surface area contributed by atoms with E-state index in [0.29, 0.717) is 17.7 Å². The summed E-state index contributed by atoms with van der Waals surface area (Å²) in [4.78, 5) is 34.0. The number of hydrogen-bond donors (Lipinski definition) is 2. The lowest BCUT2D eigenvalue weighted by Gasteiger charge is -2.20. The SMILES string of the molecule is CC[C@@H](C)[C@H](NC(=O)c1ccc(OC(C)=O)cc1)C(=O)O. The van der Waals surface area contributed by atoms with Crippen LogP contribution in [0.1, 0.15) is 37.6 Å². The minimum Gasteiger partial charge on any atom is -0.480 e. The zero-order valence-corrected chi connectivity index (χ0v) is 12.3. The molecule has 0 radical (unpaired) electrons. The van der Waals surface area contributed by atoms with Gasteiger partial charge in [0, 0.05) is 12.5 Å². The van der Waals surface area contributed by atoms with Crippen LogP contribution in [0.2, 0.25) is 0 Å². The number of carbonyl (C=O) groups excluding carboxylic acids is 2. The molecule has 0 aliphatic rings. The maximum Gasteiger partial charge on any atom is 0.326 e. The zero-order valence-electron chi connectivity index (χ0n) is 12.3. The van der Waals surface area contributed by atoms with E-state index >= 15 is 0 Å². The van der Waals surface area contributed by atoms with Crippen molar-refractivity contribution in [3.63, 3.8) is 0 Å². The summed E-state index contributed by atoms with van der Waals surface area (Å²) in [5.41, 5.74) is 0.306. The van der Waals surface area contributed by atoms with Crippen molar-refractivity contribution in [3.8, 4) is 5.75 Å². The number of hydrogen-bond acceptors (Lipinski definition) is 4. The van der Waals surface area contributed by atoms with E-state index in [0.717, 1.165) is 0 Å². The summed E-state index contributed by atoms with van der Waals surface area (Å²) in [6.45, 7) is 4.91. The molecule has 0 heterocycles. The fourth-order valence-electron chi connectivity index (χ4n) is 1.75.